The fourth-order valence-corrected chi connectivity index (χ4v) is 4.29. The van der Waals surface area contributed by atoms with Crippen LogP contribution in [0.15, 0.2) is 46.5 Å². The highest BCUT2D eigenvalue weighted by Crippen LogP contribution is 2.27. The first-order valence-electron chi connectivity index (χ1n) is 7.89. The minimum atomic E-state index is -0.0695. The topological polar surface area (TPSA) is 54.9 Å². The fourth-order valence-electron chi connectivity index (χ4n) is 2.51. The Morgan fingerprint density at radius 1 is 1.00 bits per heavy atom. The van der Waals surface area contributed by atoms with Crippen LogP contribution in [0, 0.1) is 27.7 Å². The first-order chi connectivity index (χ1) is 11.9. The molecule has 3 aromatic rings. The summed E-state index contributed by atoms with van der Waals surface area (Å²) in [6.07, 6.45) is 0. The predicted molar refractivity (Wildman–Crippen MR) is 104 cm³/mol. The summed E-state index contributed by atoms with van der Waals surface area (Å²) in [6.45, 7) is 7.91. The molecule has 0 bridgehead atoms. The van der Waals surface area contributed by atoms with E-state index < -0.39 is 0 Å². The standard InChI is InChI=1S/C19H19N3OS2/c1-11-9-12(2)21-19(20-11)25-16-7-5-15(6-8-16)22-18(23)17-10-13(3)24-14(17)4/h5-10H,1-4H3,(H,22,23). The first-order valence-corrected chi connectivity index (χ1v) is 9.52. The summed E-state index contributed by atoms with van der Waals surface area (Å²) in [5.74, 6) is -0.0695. The van der Waals surface area contributed by atoms with Crippen molar-refractivity contribution in [1.82, 2.24) is 9.97 Å². The van der Waals surface area contributed by atoms with Gasteiger partial charge >= 0.3 is 0 Å². The summed E-state index contributed by atoms with van der Waals surface area (Å²) in [7, 11) is 0. The lowest BCUT2D eigenvalue weighted by molar-refractivity contribution is 0.102. The minimum Gasteiger partial charge on any atom is -0.322 e. The Balaban J connectivity index is 1.69. The Kier molecular flexibility index (Phi) is 5.20. The molecule has 128 valence electrons. The molecule has 0 aliphatic carbocycles. The number of carbonyl (C=O) groups is 1. The molecule has 2 aromatic heterocycles. The van der Waals surface area contributed by atoms with E-state index in [4.69, 9.17) is 0 Å². The number of anilines is 1. The summed E-state index contributed by atoms with van der Waals surface area (Å²) < 4.78 is 0. The Bertz CT molecular complexity index is 897. The van der Waals surface area contributed by atoms with Gasteiger partial charge in [-0.3, -0.25) is 4.79 Å². The smallest absolute Gasteiger partial charge is 0.256 e. The third kappa shape index (κ3) is 4.46. The minimum absolute atomic E-state index is 0.0695. The number of nitrogens with zero attached hydrogens (tertiary/aromatic N) is 2. The molecular weight excluding hydrogens is 350 g/mol. The van der Waals surface area contributed by atoms with Gasteiger partial charge in [0.05, 0.1) is 5.56 Å². The highest BCUT2D eigenvalue weighted by Gasteiger charge is 2.12. The van der Waals surface area contributed by atoms with Gasteiger partial charge in [0.25, 0.3) is 5.91 Å². The maximum absolute atomic E-state index is 12.4. The molecule has 25 heavy (non-hydrogen) atoms. The van der Waals surface area contributed by atoms with Crippen molar-refractivity contribution in [1.29, 1.82) is 0 Å². The van der Waals surface area contributed by atoms with Crippen LogP contribution in [0.3, 0.4) is 0 Å². The van der Waals surface area contributed by atoms with Gasteiger partial charge in [0.2, 0.25) is 0 Å². The third-order valence-electron chi connectivity index (χ3n) is 3.57. The van der Waals surface area contributed by atoms with E-state index in [0.717, 1.165) is 42.4 Å². The second kappa shape index (κ2) is 7.37. The van der Waals surface area contributed by atoms with Gasteiger partial charge in [0, 0.05) is 31.7 Å². The molecule has 3 rings (SSSR count). The zero-order valence-corrected chi connectivity index (χ0v) is 16.2. The van der Waals surface area contributed by atoms with Gasteiger partial charge in [0.1, 0.15) is 0 Å². The van der Waals surface area contributed by atoms with E-state index >= 15 is 0 Å². The summed E-state index contributed by atoms with van der Waals surface area (Å²) in [6, 6.07) is 11.6. The van der Waals surface area contributed by atoms with Crippen molar-refractivity contribution in [3.8, 4) is 0 Å². The van der Waals surface area contributed by atoms with Crippen LogP contribution in [0.5, 0.6) is 0 Å². The highest BCUT2D eigenvalue weighted by molar-refractivity contribution is 7.99. The fraction of sp³-hybridized carbons (Fsp3) is 0.211. The predicted octanol–water partition coefficient (Wildman–Crippen LogP) is 5.18. The number of rotatable bonds is 4. The highest BCUT2D eigenvalue weighted by atomic mass is 32.2. The zero-order chi connectivity index (χ0) is 18.0. The second-order valence-electron chi connectivity index (χ2n) is 5.84. The third-order valence-corrected chi connectivity index (χ3v) is 5.41. The quantitative estimate of drug-likeness (QED) is 0.644. The Hall–Kier alpha value is -2.18. The number of amides is 1. The van der Waals surface area contributed by atoms with E-state index in [9.17, 15) is 4.79 Å². The van der Waals surface area contributed by atoms with Crippen molar-refractivity contribution in [3.63, 3.8) is 0 Å². The SMILES string of the molecule is Cc1cc(C)nc(Sc2ccc(NC(=O)c3cc(C)sc3C)cc2)n1. The van der Waals surface area contributed by atoms with Crippen molar-refractivity contribution in [2.45, 2.75) is 37.7 Å². The summed E-state index contributed by atoms with van der Waals surface area (Å²) >= 11 is 3.15. The Morgan fingerprint density at radius 2 is 1.64 bits per heavy atom. The number of benzene rings is 1. The number of aryl methyl sites for hydroxylation is 4. The van der Waals surface area contributed by atoms with Gasteiger partial charge in [0.15, 0.2) is 5.16 Å². The van der Waals surface area contributed by atoms with E-state index in [0.29, 0.717) is 0 Å². The molecule has 1 N–H and O–H groups in total. The van der Waals surface area contributed by atoms with Gasteiger partial charge < -0.3 is 5.32 Å². The average Bonchev–Trinajstić information content (AvgIpc) is 2.87. The van der Waals surface area contributed by atoms with Crippen molar-refractivity contribution >= 4 is 34.7 Å². The van der Waals surface area contributed by atoms with E-state index in [1.165, 1.54) is 11.8 Å². The molecule has 0 saturated carbocycles. The average molecular weight is 370 g/mol. The summed E-state index contributed by atoms with van der Waals surface area (Å²) in [4.78, 5) is 24.5. The van der Waals surface area contributed by atoms with Crippen LogP contribution in [-0.4, -0.2) is 15.9 Å². The van der Waals surface area contributed by atoms with Crippen molar-refractivity contribution in [3.05, 3.63) is 63.1 Å². The molecule has 0 fully saturated rings. The van der Waals surface area contributed by atoms with Gasteiger partial charge in [-0.1, -0.05) is 0 Å². The van der Waals surface area contributed by atoms with Crippen LogP contribution in [0.1, 0.15) is 31.5 Å². The summed E-state index contributed by atoms with van der Waals surface area (Å²) in [5, 5.41) is 3.68. The van der Waals surface area contributed by atoms with E-state index in [1.54, 1.807) is 11.3 Å². The molecule has 0 radical (unpaired) electrons. The molecule has 1 amide bonds. The van der Waals surface area contributed by atoms with Gasteiger partial charge in [-0.2, -0.15) is 0 Å². The summed E-state index contributed by atoms with van der Waals surface area (Å²) in [5.41, 5.74) is 3.43. The van der Waals surface area contributed by atoms with Gasteiger partial charge in [-0.15, -0.1) is 11.3 Å². The maximum Gasteiger partial charge on any atom is 0.256 e. The monoisotopic (exact) mass is 369 g/mol. The van der Waals surface area contributed by atoms with E-state index in [1.807, 2.05) is 64.1 Å². The number of hydrogen-bond donors (Lipinski definition) is 1. The molecule has 0 aliphatic rings. The first kappa shape index (κ1) is 17.6. The zero-order valence-electron chi connectivity index (χ0n) is 14.6. The van der Waals surface area contributed by atoms with Gasteiger partial charge in [-0.25, -0.2) is 9.97 Å². The number of thiophene rings is 1. The molecule has 0 spiro atoms. The van der Waals surface area contributed by atoms with Crippen LogP contribution in [0.25, 0.3) is 0 Å². The molecule has 1 aromatic carbocycles. The molecule has 0 saturated heterocycles. The van der Waals surface area contributed by atoms with Crippen LogP contribution < -0.4 is 5.32 Å². The second-order valence-corrected chi connectivity index (χ2v) is 8.34. The Morgan fingerprint density at radius 3 is 2.20 bits per heavy atom. The lowest BCUT2D eigenvalue weighted by atomic mass is 10.2. The van der Waals surface area contributed by atoms with Crippen molar-refractivity contribution in [2.24, 2.45) is 0 Å². The molecule has 0 unspecified atom stereocenters. The van der Waals surface area contributed by atoms with Crippen LogP contribution >= 0.6 is 23.1 Å². The molecule has 0 aliphatic heterocycles. The largest absolute Gasteiger partial charge is 0.322 e. The molecule has 4 nitrogen and oxygen atoms in total. The normalized spacial score (nSPS) is 10.7. The molecule has 6 heteroatoms. The number of nitrogens with one attached hydrogen (secondary N) is 1. The lowest BCUT2D eigenvalue weighted by Gasteiger charge is -2.07. The van der Waals surface area contributed by atoms with E-state index in [2.05, 4.69) is 15.3 Å². The Labute approximate surface area is 155 Å². The van der Waals surface area contributed by atoms with Crippen molar-refractivity contribution < 1.29 is 4.79 Å². The molecule has 2 heterocycles. The number of hydrogen-bond acceptors (Lipinski definition) is 5. The van der Waals surface area contributed by atoms with Crippen LogP contribution in [-0.2, 0) is 0 Å². The number of aromatic nitrogens is 2. The van der Waals surface area contributed by atoms with Crippen LogP contribution in [0.4, 0.5) is 5.69 Å². The van der Waals surface area contributed by atoms with Gasteiger partial charge in [-0.05, 0) is 75.9 Å². The molecule has 0 atom stereocenters. The van der Waals surface area contributed by atoms with Crippen molar-refractivity contribution in [2.75, 3.05) is 5.32 Å². The lowest BCUT2D eigenvalue weighted by Crippen LogP contribution is -2.11. The van der Waals surface area contributed by atoms with Crippen LogP contribution in [0.2, 0.25) is 0 Å². The van der Waals surface area contributed by atoms with E-state index in [-0.39, 0.29) is 5.91 Å². The molecular formula is C19H19N3OS2. The number of carbonyl (C=O) groups excluding carboxylic acids is 1. The maximum atomic E-state index is 12.4.